The fourth-order valence-corrected chi connectivity index (χ4v) is 4.26. The van der Waals surface area contributed by atoms with E-state index in [0.29, 0.717) is 15.9 Å². The zero-order valence-electron chi connectivity index (χ0n) is 17.6. The summed E-state index contributed by atoms with van der Waals surface area (Å²) in [5.74, 6) is 0.858. The van der Waals surface area contributed by atoms with Crippen molar-refractivity contribution in [1.29, 1.82) is 0 Å². The quantitative estimate of drug-likeness (QED) is 0.317. The van der Waals surface area contributed by atoms with Gasteiger partial charge < -0.3 is 10.3 Å². The molecule has 0 saturated carbocycles. The van der Waals surface area contributed by atoms with Gasteiger partial charge in [0.25, 0.3) is 0 Å². The van der Waals surface area contributed by atoms with Crippen LogP contribution < -0.4 is 5.32 Å². The highest BCUT2D eigenvalue weighted by atomic mass is 35.5. The highest BCUT2D eigenvalue weighted by Gasteiger charge is 2.12. The standard InChI is InChI=1S/C24H19ClN6OS/c1-15-6-11-18(12-19(15)25)31-14-26-30-24(31)33-13-22(32)27-17-9-7-16(8-10-17)23-28-20-4-2-3-5-21(20)29-23/h2-12,14H,13H2,1H3,(H,27,32)(H,28,29). The van der Waals surface area contributed by atoms with Crippen LogP contribution in [0.25, 0.3) is 28.1 Å². The molecule has 0 atom stereocenters. The molecule has 2 aromatic heterocycles. The number of carbonyl (C=O) groups is 1. The molecule has 0 aliphatic heterocycles. The molecule has 3 aromatic carbocycles. The molecule has 1 amide bonds. The number of aromatic amines is 1. The van der Waals surface area contributed by atoms with E-state index in [1.807, 2.05) is 78.2 Å². The van der Waals surface area contributed by atoms with Crippen LogP contribution in [0.4, 0.5) is 5.69 Å². The van der Waals surface area contributed by atoms with Crippen molar-refractivity contribution in [2.24, 2.45) is 0 Å². The molecule has 0 radical (unpaired) electrons. The van der Waals surface area contributed by atoms with Gasteiger partial charge in [0.15, 0.2) is 5.16 Å². The lowest BCUT2D eigenvalue weighted by Crippen LogP contribution is -2.14. The Morgan fingerprint density at radius 1 is 1.12 bits per heavy atom. The number of aromatic nitrogens is 5. The normalized spacial score (nSPS) is 11.1. The van der Waals surface area contributed by atoms with E-state index in [1.165, 1.54) is 11.8 Å². The van der Waals surface area contributed by atoms with Gasteiger partial charge in [0.1, 0.15) is 12.2 Å². The maximum atomic E-state index is 12.5. The van der Waals surface area contributed by atoms with Gasteiger partial charge in [-0.05, 0) is 61.0 Å². The minimum Gasteiger partial charge on any atom is -0.338 e. The number of amides is 1. The largest absolute Gasteiger partial charge is 0.338 e. The number of carbonyl (C=O) groups excluding carboxylic acids is 1. The zero-order valence-corrected chi connectivity index (χ0v) is 19.2. The van der Waals surface area contributed by atoms with Crippen molar-refractivity contribution < 1.29 is 4.79 Å². The molecule has 0 fully saturated rings. The van der Waals surface area contributed by atoms with Crippen LogP contribution in [0.2, 0.25) is 5.02 Å². The van der Waals surface area contributed by atoms with Crippen molar-refractivity contribution in [3.63, 3.8) is 0 Å². The van der Waals surface area contributed by atoms with Crippen LogP contribution in [0.5, 0.6) is 0 Å². The van der Waals surface area contributed by atoms with Gasteiger partial charge in [-0.1, -0.05) is 41.6 Å². The Kier molecular flexibility index (Phi) is 5.85. The molecule has 7 nitrogen and oxygen atoms in total. The first-order valence-electron chi connectivity index (χ1n) is 10.2. The van der Waals surface area contributed by atoms with E-state index in [1.54, 1.807) is 6.33 Å². The zero-order chi connectivity index (χ0) is 22.8. The second kappa shape index (κ2) is 9.09. The molecule has 0 saturated heterocycles. The molecule has 9 heteroatoms. The molecular weight excluding hydrogens is 456 g/mol. The molecule has 2 heterocycles. The van der Waals surface area contributed by atoms with Crippen molar-refractivity contribution in [1.82, 2.24) is 24.7 Å². The number of hydrogen-bond donors (Lipinski definition) is 2. The number of para-hydroxylation sites is 2. The molecule has 5 rings (SSSR count). The van der Waals surface area contributed by atoms with Crippen molar-refractivity contribution in [2.75, 3.05) is 11.1 Å². The Hall–Kier alpha value is -3.62. The van der Waals surface area contributed by atoms with Gasteiger partial charge in [0.2, 0.25) is 5.91 Å². The summed E-state index contributed by atoms with van der Waals surface area (Å²) in [5, 5.41) is 12.3. The van der Waals surface area contributed by atoms with Crippen LogP contribution in [0.1, 0.15) is 5.56 Å². The van der Waals surface area contributed by atoms with Crippen molar-refractivity contribution in [3.8, 4) is 17.1 Å². The minimum absolute atomic E-state index is 0.132. The SMILES string of the molecule is Cc1ccc(-n2cnnc2SCC(=O)Nc2ccc(-c3nc4ccccc4[nH]3)cc2)cc1Cl. The van der Waals surface area contributed by atoms with E-state index in [4.69, 9.17) is 11.6 Å². The number of fused-ring (bicyclic) bond motifs is 1. The average molecular weight is 475 g/mol. The maximum absolute atomic E-state index is 12.5. The first kappa shape index (κ1) is 21.2. The molecule has 0 aliphatic rings. The van der Waals surface area contributed by atoms with E-state index in [0.717, 1.165) is 33.7 Å². The first-order chi connectivity index (χ1) is 16.1. The minimum atomic E-state index is -0.132. The summed E-state index contributed by atoms with van der Waals surface area (Å²) in [5.41, 5.74) is 5.41. The number of halogens is 1. The highest BCUT2D eigenvalue weighted by Crippen LogP contribution is 2.25. The van der Waals surface area contributed by atoms with Gasteiger partial charge in [-0.15, -0.1) is 10.2 Å². The summed E-state index contributed by atoms with van der Waals surface area (Å²) in [6.45, 7) is 1.95. The second-order valence-corrected chi connectivity index (χ2v) is 8.78. The molecule has 2 N–H and O–H groups in total. The van der Waals surface area contributed by atoms with Crippen LogP contribution >= 0.6 is 23.4 Å². The van der Waals surface area contributed by atoms with E-state index in [2.05, 4.69) is 25.5 Å². The molecule has 0 bridgehead atoms. The van der Waals surface area contributed by atoms with E-state index < -0.39 is 0 Å². The van der Waals surface area contributed by atoms with Crippen molar-refractivity contribution in [2.45, 2.75) is 12.1 Å². The second-order valence-electron chi connectivity index (χ2n) is 7.43. The molecule has 5 aromatic rings. The molecular formula is C24H19ClN6OS. The Morgan fingerprint density at radius 3 is 2.73 bits per heavy atom. The lowest BCUT2D eigenvalue weighted by atomic mass is 10.2. The third-order valence-electron chi connectivity index (χ3n) is 5.11. The van der Waals surface area contributed by atoms with E-state index >= 15 is 0 Å². The molecule has 0 aliphatic carbocycles. The fourth-order valence-electron chi connectivity index (χ4n) is 3.36. The summed E-state index contributed by atoms with van der Waals surface area (Å²) >= 11 is 7.55. The Balaban J connectivity index is 1.22. The van der Waals surface area contributed by atoms with Crippen LogP contribution in [-0.4, -0.2) is 36.4 Å². The number of nitrogens with zero attached hydrogens (tertiary/aromatic N) is 4. The first-order valence-corrected chi connectivity index (χ1v) is 11.6. The number of imidazole rings is 1. The number of anilines is 1. The lowest BCUT2D eigenvalue weighted by Gasteiger charge is -2.08. The summed E-state index contributed by atoms with van der Waals surface area (Å²) in [6.07, 6.45) is 1.61. The third kappa shape index (κ3) is 4.62. The average Bonchev–Trinajstić information content (AvgIpc) is 3.47. The van der Waals surface area contributed by atoms with Gasteiger partial charge in [-0.3, -0.25) is 9.36 Å². The number of benzene rings is 3. The van der Waals surface area contributed by atoms with Gasteiger partial charge in [0.05, 0.1) is 22.5 Å². The van der Waals surface area contributed by atoms with Crippen molar-refractivity contribution in [3.05, 3.63) is 83.6 Å². The Bertz CT molecular complexity index is 1410. The Labute approximate surface area is 199 Å². The topological polar surface area (TPSA) is 88.5 Å². The summed E-state index contributed by atoms with van der Waals surface area (Å²) < 4.78 is 1.81. The number of thioether (sulfide) groups is 1. The predicted octanol–water partition coefficient (Wildman–Crippen LogP) is 5.50. The van der Waals surface area contributed by atoms with Gasteiger partial charge in [-0.25, -0.2) is 4.98 Å². The van der Waals surface area contributed by atoms with E-state index in [-0.39, 0.29) is 11.7 Å². The lowest BCUT2D eigenvalue weighted by molar-refractivity contribution is -0.113. The summed E-state index contributed by atoms with van der Waals surface area (Å²) in [7, 11) is 0. The van der Waals surface area contributed by atoms with Gasteiger partial charge >= 0.3 is 0 Å². The summed E-state index contributed by atoms with van der Waals surface area (Å²) in [6, 6.07) is 21.2. The number of aryl methyl sites for hydroxylation is 1. The third-order valence-corrected chi connectivity index (χ3v) is 6.46. The smallest absolute Gasteiger partial charge is 0.234 e. The molecule has 0 unspecified atom stereocenters. The Morgan fingerprint density at radius 2 is 1.94 bits per heavy atom. The number of hydrogen-bond acceptors (Lipinski definition) is 5. The molecule has 0 spiro atoms. The number of rotatable bonds is 6. The highest BCUT2D eigenvalue weighted by molar-refractivity contribution is 7.99. The molecule has 33 heavy (non-hydrogen) atoms. The van der Waals surface area contributed by atoms with E-state index in [9.17, 15) is 4.79 Å². The molecule has 164 valence electrons. The van der Waals surface area contributed by atoms with Crippen LogP contribution in [0, 0.1) is 6.92 Å². The predicted molar refractivity (Wildman–Crippen MR) is 132 cm³/mol. The van der Waals surface area contributed by atoms with Gasteiger partial charge in [0, 0.05) is 16.3 Å². The fraction of sp³-hybridized carbons (Fsp3) is 0.0833. The van der Waals surface area contributed by atoms with Crippen LogP contribution in [0.15, 0.2) is 78.2 Å². The van der Waals surface area contributed by atoms with Crippen LogP contribution in [0.3, 0.4) is 0 Å². The maximum Gasteiger partial charge on any atom is 0.234 e. The van der Waals surface area contributed by atoms with Gasteiger partial charge in [-0.2, -0.15) is 0 Å². The number of H-pyrrole nitrogens is 1. The monoisotopic (exact) mass is 474 g/mol. The summed E-state index contributed by atoms with van der Waals surface area (Å²) in [4.78, 5) is 20.4. The number of nitrogens with one attached hydrogen (secondary N) is 2. The van der Waals surface area contributed by atoms with Crippen molar-refractivity contribution >= 4 is 46.0 Å². The van der Waals surface area contributed by atoms with Crippen LogP contribution in [-0.2, 0) is 4.79 Å².